The summed E-state index contributed by atoms with van der Waals surface area (Å²) in [6, 6.07) is 7.56. The van der Waals surface area contributed by atoms with E-state index in [1.165, 1.54) is 0 Å². The number of hydrogen-bond donors (Lipinski definition) is 1. The Bertz CT molecular complexity index is 491. The van der Waals surface area contributed by atoms with Crippen LogP contribution in [0.4, 0.5) is 5.69 Å². The van der Waals surface area contributed by atoms with Crippen LogP contribution >= 0.6 is 11.8 Å². The molecule has 0 radical (unpaired) electrons. The molecule has 1 N–H and O–H groups in total. The number of aryl methyl sites for hydroxylation is 1. The van der Waals surface area contributed by atoms with Crippen molar-refractivity contribution in [3.63, 3.8) is 0 Å². The molecule has 0 saturated carbocycles. The summed E-state index contributed by atoms with van der Waals surface area (Å²) in [4.78, 5) is 24.7. The molecule has 21 heavy (non-hydrogen) atoms. The summed E-state index contributed by atoms with van der Waals surface area (Å²) >= 11 is 1.56. The van der Waals surface area contributed by atoms with Gasteiger partial charge in [-0.15, -0.1) is 11.8 Å². The minimum atomic E-state index is -0.900. The molecule has 0 saturated heterocycles. The van der Waals surface area contributed by atoms with E-state index in [1.807, 2.05) is 31.2 Å². The van der Waals surface area contributed by atoms with Gasteiger partial charge in [-0.05, 0) is 19.1 Å². The zero-order valence-corrected chi connectivity index (χ0v) is 13.9. The molecule has 0 heterocycles. The standard InChI is InChI=1S/C16H23NO3S/c1-12-5-7-13(8-6-12)17(10-9-15(19)20)14(18)11-21-16(2,3)4/h5-8H,9-11H2,1-4H3,(H,19,20). The Kier molecular flexibility index (Phi) is 6.27. The largest absolute Gasteiger partial charge is 0.481 e. The first-order valence-corrected chi connectivity index (χ1v) is 7.90. The van der Waals surface area contributed by atoms with Crippen LogP contribution in [0.25, 0.3) is 0 Å². The van der Waals surface area contributed by atoms with Crippen LogP contribution in [-0.4, -0.2) is 34.0 Å². The first-order valence-electron chi connectivity index (χ1n) is 6.92. The molecule has 1 aromatic rings. The van der Waals surface area contributed by atoms with Crippen LogP contribution in [0.3, 0.4) is 0 Å². The average Bonchev–Trinajstić information content (AvgIpc) is 2.37. The third-order valence-corrected chi connectivity index (χ3v) is 4.08. The van der Waals surface area contributed by atoms with Gasteiger partial charge in [-0.3, -0.25) is 9.59 Å². The van der Waals surface area contributed by atoms with Crippen molar-refractivity contribution in [1.29, 1.82) is 0 Å². The Morgan fingerprint density at radius 1 is 1.19 bits per heavy atom. The molecule has 0 aliphatic heterocycles. The van der Waals surface area contributed by atoms with E-state index < -0.39 is 5.97 Å². The van der Waals surface area contributed by atoms with Crippen LogP contribution in [0.1, 0.15) is 32.8 Å². The van der Waals surface area contributed by atoms with Gasteiger partial charge in [0.15, 0.2) is 0 Å². The molecule has 0 spiro atoms. The second-order valence-electron chi connectivity index (χ2n) is 5.93. The molecule has 0 fully saturated rings. The van der Waals surface area contributed by atoms with Crippen LogP contribution in [0, 0.1) is 6.92 Å². The average molecular weight is 309 g/mol. The fourth-order valence-corrected chi connectivity index (χ4v) is 2.40. The monoisotopic (exact) mass is 309 g/mol. The number of nitrogens with zero attached hydrogens (tertiary/aromatic N) is 1. The summed E-state index contributed by atoms with van der Waals surface area (Å²) < 4.78 is 0.00139. The highest BCUT2D eigenvalue weighted by atomic mass is 32.2. The zero-order chi connectivity index (χ0) is 16.0. The number of carboxylic acid groups (broad SMARTS) is 1. The number of amides is 1. The summed E-state index contributed by atoms with van der Waals surface area (Å²) in [7, 11) is 0. The van der Waals surface area contributed by atoms with Gasteiger partial charge in [0.2, 0.25) is 5.91 Å². The summed E-state index contributed by atoms with van der Waals surface area (Å²) in [6.45, 7) is 8.33. The third kappa shape index (κ3) is 6.67. The molecular weight excluding hydrogens is 286 g/mol. The van der Waals surface area contributed by atoms with Gasteiger partial charge >= 0.3 is 5.97 Å². The zero-order valence-electron chi connectivity index (χ0n) is 13.0. The van der Waals surface area contributed by atoms with Gasteiger partial charge in [0.1, 0.15) is 0 Å². The highest BCUT2D eigenvalue weighted by Crippen LogP contribution is 2.25. The Balaban J connectivity index is 2.83. The van der Waals surface area contributed by atoms with E-state index in [2.05, 4.69) is 20.8 Å². The number of anilines is 1. The normalized spacial score (nSPS) is 11.2. The molecule has 0 aliphatic carbocycles. The van der Waals surface area contributed by atoms with Gasteiger partial charge in [-0.1, -0.05) is 38.5 Å². The highest BCUT2D eigenvalue weighted by molar-refractivity contribution is 8.01. The van der Waals surface area contributed by atoms with E-state index in [9.17, 15) is 9.59 Å². The lowest BCUT2D eigenvalue weighted by Crippen LogP contribution is -2.35. The van der Waals surface area contributed by atoms with Crippen LogP contribution in [0.5, 0.6) is 0 Å². The third-order valence-electron chi connectivity index (χ3n) is 2.82. The molecule has 1 aromatic carbocycles. The van der Waals surface area contributed by atoms with Crippen molar-refractivity contribution >= 4 is 29.3 Å². The number of hydrogen-bond acceptors (Lipinski definition) is 3. The van der Waals surface area contributed by atoms with E-state index in [1.54, 1.807) is 16.7 Å². The van der Waals surface area contributed by atoms with E-state index in [4.69, 9.17) is 5.11 Å². The van der Waals surface area contributed by atoms with Crippen LogP contribution in [0.15, 0.2) is 24.3 Å². The fourth-order valence-electron chi connectivity index (χ4n) is 1.69. The van der Waals surface area contributed by atoms with Crippen molar-refractivity contribution in [1.82, 2.24) is 0 Å². The minimum absolute atomic E-state index is 0.00139. The number of rotatable bonds is 6. The molecule has 0 unspecified atom stereocenters. The molecular formula is C16H23NO3S. The number of carbonyl (C=O) groups excluding carboxylic acids is 1. The lowest BCUT2D eigenvalue weighted by Gasteiger charge is -2.24. The van der Waals surface area contributed by atoms with Crippen LogP contribution in [-0.2, 0) is 9.59 Å². The van der Waals surface area contributed by atoms with E-state index in [0.29, 0.717) is 5.75 Å². The maximum atomic E-state index is 12.4. The fraction of sp³-hybridized carbons (Fsp3) is 0.500. The molecule has 5 heteroatoms. The van der Waals surface area contributed by atoms with Gasteiger partial charge in [0.05, 0.1) is 12.2 Å². The van der Waals surface area contributed by atoms with Crippen molar-refractivity contribution in [3.05, 3.63) is 29.8 Å². The Labute approximate surface area is 130 Å². The molecule has 1 rings (SSSR count). The van der Waals surface area contributed by atoms with Crippen molar-refractivity contribution in [2.24, 2.45) is 0 Å². The first kappa shape index (κ1) is 17.6. The summed E-state index contributed by atoms with van der Waals surface area (Å²) in [5.41, 5.74) is 1.86. The van der Waals surface area contributed by atoms with Crippen molar-refractivity contribution in [2.75, 3.05) is 17.2 Å². The van der Waals surface area contributed by atoms with Crippen molar-refractivity contribution in [3.8, 4) is 0 Å². The van der Waals surface area contributed by atoms with E-state index >= 15 is 0 Å². The minimum Gasteiger partial charge on any atom is -0.481 e. The van der Waals surface area contributed by atoms with Gasteiger partial charge in [0, 0.05) is 17.0 Å². The smallest absolute Gasteiger partial charge is 0.305 e. The predicted molar refractivity (Wildman–Crippen MR) is 88.0 cm³/mol. The van der Waals surface area contributed by atoms with E-state index in [-0.39, 0.29) is 23.6 Å². The van der Waals surface area contributed by atoms with Gasteiger partial charge in [0.25, 0.3) is 0 Å². The summed E-state index contributed by atoms with van der Waals surface area (Å²) in [5.74, 6) is -0.611. The Hall–Kier alpha value is -1.49. The molecule has 1 amide bonds. The molecule has 4 nitrogen and oxygen atoms in total. The summed E-state index contributed by atoms with van der Waals surface area (Å²) in [6.07, 6.45) is -0.0558. The van der Waals surface area contributed by atoms with Gasteiger partial charge in [-0.2, -0.15) is 0 Å². The summed E-state index contributed by atoms with van der Waals surface area (Å²) in [5, 5.41) is 8.85. The number of thioether (sulfide) groups is 1. The first-order chi connectivity index (χ1) is 9.69. The molecule has 116 valence electrons. The van der Waals surface area contributed by atoms with Crippen LogP contribution < -0.4 is 4.90 Å². The quantitative estimate of drug-likeness (QED) is 0.875. The molecule has 0 atom stereocenters. The molecule has 0 aromatic heterocycles. The van der Waals surface area contributed by atoms with Gasteiger partial charge < -0.3 is 10.0 Å². The number of aliphatic carboxylic acids is 1. The van der Waals surface area contributed by atoms with Crippen LogP contribution in [0.2, 0.25) is 0 Å². The number of benzene rings is 1. The Morgan fingerprint density at radius 3 is 2.24 bits per heavy atom. The van der Waals surface area contributed by atoms with Gasteiger partial charge in [-0.25, -0.2) is 0 Å². The molecule has 0 bridgehead atoms. The lowest BCUT2D eigenvalue weighted by molar-refractivity contribution is -0.136. The second-order valence-corrected chi connectivity index (χ2v) is 7.73. The number of carboxylic acids is 1. The van der Waals surface area contributed by atoms with Crippen molar-refractivity contribution < 1.29 is 14.7 Å². The van der Waals surface area contributed by atoms with E-state index in [0.717, 1.165) is 11.3 Å². The Morgan fingerprint density at radius 2 is 1.76 bits per heavy atom. The van der Waals surface area contributed by atoms with Crippen molar-refractivity contribution in [2.45, 2.75) is 38.9 Å². The second kappa shape index (κ2) is 7.50. The maximum absolute atomic E-state index is 12.4. The SMILES string of the molecule is Cc1ccc(N(CCC(=O)O)C(=O)CSC(C)(C)C)cc1. The predicted octanol–water partition coefficient (Wildman–Crippen LogP) is 3.33. The molecule has 0 aliphatic rings. The number of carbonyl (C=O) groups is 2. The lowest BCUT2D eigenvalue weighted by atomic mass is 10.2. The maximum Gasteiger partial charge on any atom is 0.305 e. The topological polar surface area (TPSA) is 57.6 Å². The highest BCUT2D eigenvalue weighted by Gasteiger charge is 2.20.